The van der Waals surface area contributed by atoms with E-state index in [0.29, 0.717) is 0 Å². The third-order valence-corrected chi connectivity index (χ3v) is 2.26. The van der Waals surface area contributed by atoms with Crippen LogP contribution < -0.4 is 4.72 Å². The second-order valence-electron chi connectivity index (χ2n) is 2.09. The Morgan fingerprint density at radius 3 is 2.67 bits per heavy atom. The van der Waals surface area contributed by atoms with Gasteiger partial charge >= 0.3 is 0 Å². The van der Waals surface area contributed by atoms with Crippen molar-refractivity contribution in [1.29, 1.82) is 0 Å². The molecule has 1 aromatic rings. The highest BCUT2D eigenvalue weighted by molar-refractivity contribution is 7.97. The van der Waals surface area contributed by atoms with Crippen molar-refractivity contribution in [3.05, 3.63) is 36.0 Å². The highest BCUT2D eigenvalue weighted by atomic mass is 35.5. The van der Waals surface area contributed by atoms with Gasteiger partial charge < -0.3 is 10.2 Å². The van der Waals surface area contributed by atoms with Crippen LogP contribution in [0.1, 0.15) is 5.56 Å². The van der Waals surface area contributed by atoms with Crippen LogP contribution in [0.25, 0.3) is 6.08 Å². The molecule has 4 heteroatoms. The third-order valence-electron chi connectivity index (χ3n) is 1.42. The Kier molecular flexibility index (Phi) is 4.81. The van der Waals surface area contributed by atoms with E-state index in [9.17, 15) is 0 Å². The first-order valence-electron chi connectivity index (χ1n) is 3.15. The zero-order valence-corrected chi connectivity index (χ0v) is 7.91. The van der Waals surface area contributed by atoms with Crippen LogP contribution in [-0.4, -0.2) is 5.48 Å². The molecule has 1 heterocycles. The summed E-state index contributed by atoms with van der Waals surface area (Å²) in [4.78, 5) is 1.30. The highest BCUT2D eigenvalue weighted by Crippen LogP contribution is 2.23. The second kappa shape index (κ2) is 5.09. The maximum Gasteiger partial charge on any atom is 0.0357 e. The predicted octanol–water partition coefficient (Wildman–Crippen LogP) is 1.86. The van der Waals surface area contributed by atoms with Gasteiger partial charge in [0, 0.05) is 11.1 Å². The molecule has 0 aromatic heterocycles. The lowest BCUT2D eigenvalue weighted by Gasteiger charge is -2.08. The second-order valence-corrected chi connectivity index (χ2v) is 2.97. The molecular weight excluding hydrogens is 194 g/mol. The van der Waals surface area contributed by atoms with Crippen molar-refractivity contribution in [1.82, 2.24) is 4.72 Å². The summed E-state index contributed by atoms with van der Waals surface area (Å²) < 4.78 is 3.08. The van der Waals surface area contributed by atoms with Crippen molar-refractivity contribution in [3.8, 4) is 0 Å². The maximum atomic E-state index is 3.08. The molecule has 0 aliphatic carbocycles. The van der Waals surface area contributed by atoms with Crippen LogP contribution in [0.3, 0.4) is 0 Å². The fraction of sp³-hybridized carbons (Fsp3) is 0. The molecular formula is C8H10ClNOS. The van der Waals surface area contributed by atoms with Gasteiger partial charge in [-0.1, -0.05) is 18.2 Å². The van der Waals surface area contributed by atoms with E-state index in [2.05, 4.69) is 29.0 Å². The van der Waals surface area contributed by atoms with E-state index < -0.39 is 0 Å². The lowest BCUT2D eigenvalue weighted by Crippen LogP contribution is -1.96. The van der Waals surface area contributed by atoms with Crippen molar-refractivity contribution in [2.45, 2.75) is 4.90 Å². The average molecular weight is 204 g/mol. The summed E-state index contributed by atoms with van der Waals surface area (Å²) in [5.41, 5.74) is 1.30. The quantitative estimate of drug-likeness (QED) is 0.655. The zero-order valence-electron chi connectivity index (χ0n) is 6.28. The lowest BCUT2D eigenvalue weighted by molar-refractivity contribution is 0.824. The van der Waals surface area contributed by atoms with Gasteiger partial charge in [0.15, 0.2) is 0 Å². The minimum Gasteiger partial charge on any atom is -0.412 e. The Hall–Kier alpha value is -0.640. The molecule has 0 bridgehead atoms. The first-order chi connectivity index (χ1) is 4.97. The molecule has 0 atom stereocenters. The number of benzene rings is 1. The van der Waals surface area contributed by atoms with Gasteiger partial charge in [0.2, 0.25) is 0 Å². The molecule has 0 unspecified atom stereocenters. The first kappa shape index (κ1) is 11.4. The van der Waals surface area contributed by atoms with Crippen LogP contribution in [-0.2, 0) is 0 Å². The summed E-state index contributed by atoms with van der Waals surface area (Å²) in [6, 6.07) is 8.32. The number of hydrogen-bond donors (Lipinski definition) is 1. The van der Waals surface area contributed by atoms with E-state index in [0.717, 1.165) is 0 Å². The van der Waals surface area contributed by atoms with Crippen LogP contribution in [0.5, 0.6) is 0 Å². The third kappa shape index (κ3) is 2.17. The number of nitrogens with one attached hydrogen (secondary N) is 1. The fourth-order valence-corrected chi connectivity index (χ4v) is 1.60. The molecule has 0 spiro atoms. The van der Waals surface area contributed by atoms with E-state index in [4.69, 9.17) is 0 Å². The molecule has 3 N–H and O–H groups in total. The molecule has 0 fully saturated rings. The van der Waals surface area contributed by atoms with E-state index in [1.807, 2.05) is 12.3 Å². The van der Waals surface area contributed by atoms with Crippen LogP contribution >= 0.6 is 24.4 Å². The van der Waals surface area contributed by atoms with Crippen LogP contribution in [0.2, 0.25) is 0 Å². The molecule has 0 saturated carbocycles. The van der Waals surface area contributed by atoms with Gasteiger partial charge in [-0.15, -0.1) is 12.4 Å². The largest absolute Gasteiger partial charge is 0.412 e. The molecule has 2 nitrogen and oxygen atoms in total. The topological polar surface area (TPSA) is 43.5 Å². The van der Waals surface area contributed by atoms with Gasteiger partial charge in [-0.2, -0.15) is 0 Å². The van der Waals surface area contributed by atoms with Gasteiger partial charge in [-0.3, -0.25) is 0 Å². The summed E-state index contributed by atoms with van der Waals surface area (Å²) in [6.45, 7) is 0. The van der Waals surface area contributed by atoms with E-state index in [1.54, 1.807) is 11.9 Å². The van der Waals surface area contributed by atoms with Gasteiger partial charge in [-0.05, 0) is 29.7 Å². The minimum absolute atomic E-state index is 0. The van der Waals surface area contributed by atoms with Crippen LogP contribution in [0.4, 0.5) is 0 Å². The van der Waals surface area contributed by atoms with Crippen molar-refractivity contribution in [3.63, 3.8) is 0 Å². The van der Waals surface area contributed by atoms with Crippen molar-refractivity contribution in [2.75, 3.05) is 0 Å². The monoisotopic (exact) mass is 203 g/mol. The fourth-order valence-electron chi connectivity index (χ4n) is 0.932. The molecule has 2 rings (SSSR count). The van der Waals surface area contributed by atoms with E-state index >= 15 is 0 Å². The van der Waals surface area contributed by atoms with Gasteiger partial charge in [0.25, 0.3) is 0 Å². The summed E-state index contributed by atoms with van der Waals surface area (Å²) in [7, 11) is 0. The van der Waals surface area contributed by atoms with E-state index in [-0.39, 0.29) is 17.9 Å². The minimum atomic E-state index is 0. The molecule has 0 saturated heterocycles. The molecule has 66 valence electrons. The number of halogens is 1. The summed E-state index contributed by atoms with van der Waals surface area (Å²) >= 11 is 1.65. The first-order valence-corrected chi connectivity index (χ1v) is 3.96. The Balaban J connectivity index is 0.000000605. The highest BCUT2D eigenvalue weighted by Gasteiger charge is 2.00. The average Bonchev–Trinajstić information content (AvgIpc) is 2.05. The molecule has 0 radical (unpaired) electrons. The van der Waals surface area contributed by atoms with Crippen molar-refractivity contribution < 1.29 is 5.48 Å². The van der Waals surface area contributed by atoms with Crippen molar-refractivity contribution >= 4 is 30.4 Å². The Morgan fingerprint density at radius 2 is 1.92 bits per heavy atom. The Morgan fingerprint density at radius 1 is 1.17 bits per heavy atom. The summed E-state index contributed by atoms with van der Waals surface area (Å²) in [5.74, 6) is 0. The van der Waals surface area contributed by atoms with Crippen molar-refractivity contribution in [2.24, 2.45) is 0 Å². The summed E-state index contributed by atoms with van der Waals surface area (Å²) in [5, 5.41) is 0. The van der Waals surface area contributed by atoms with Gasteiger partial charge in [-0.25, -0.2) is 0 Å². The molecule has 0 amide bonds. The SMILES string of the molecule is C1=Cc2ccccc2SN1.Cl.O. The van der Waals surface area contributed by atoms with Gasteiger partial charge in [0.1, 0.15) is 0 Å². The zero-order chi connectivity index (χ0) is 6.81. The van der Waals surface area contributed by atoms with Crippen LogP contribution in [0.15, 0.2) is 35.4 Å². The predicted molar refractivity (Wildman–Crippen MR) is 55.3 cm³/mol. The number of rotatable bonds is 0. The molecule has 1 aliphatic rings. The summed E-state index contributed by atoms with van der Waals surface area (Å²) in [6.07, 6.45) is 4.03. The van der Waals surface area contributed by atoms with E-state index in [1.165, 1.54) is 10.5 Å². The lowest BCUT2D eigenvalue weighted by atomic mass is 10.2. The molecule has 12 heavy (non-hydrogen) atoms. The van der Waals surface area contributed by atoms with Crippen LogP contribution in [0, 0.1) is 0 Å². The maximum absolute atomic E-state index is 3.08. The Bertz CT molecular complexity index is 278. The smallest absolute Gasteiger partial charge is 0.0357 e. The standard InChI is InChI=1S/C8H7NS.ClH.H2O/c1-2-4-8-7(3-1)5-6-9-10-8;;/h1-6,9H;1H;1H2. The number of hydrogen-bond acceptors (Lipinski definition) is 2. The molecule has 1 aromatic carbocycles. The number of fused-ring (bicyclic) bond motifs is 1. The van der Waals surface area contributed by atoms with Gasteiger partial charge in [0.05, 0.1) is 0 Å². The molecule has 1 aliphatic heterocycles. The normalized spacial score (nSPS) is 11.7. The Labute approximate surface area is 81.9 Å².